The molecule has 9 aromatic rings. The normalized spacial score (nSPS) is 12.0. The van der Waals surface area contributed by atoms with Crippen molar-refractivity contribution in [3.8, 4) is 0 Å². The smallest absolute Gasteiger partial charge is 0.159 e. The molecule has 0 unspecified atom stereocenters. The van der Waals surface area contributed by atoms with Crippen molar-refractivity contribution < 1.29 is 4.42 Å². The molecular weight excluding hydrogens is 486 g/mol. The summed E-state index contributed by atoms with van der Waals surface area (Å²) in [6, 6.07) is 50.2. The molecule has 40 heavy (non-hydrogen) atoms. The van der Waals surface area contributed by atoms with E-state index < -0.39 is 0 Å². The quantitative estimate of drug-likeness (QED) is 0.220. The molecule has 0 spiro atoms. The van der Waals surface area contributed by atoms with E-state index in [4.69, 9.17) is 4.42 Å². The molecule has 0 N–H and O–H groups in total. The monoisotopic (exact) mass is 509 g/mol. The van der Waals surface area contributed by atoms with E-state index in [1.54, 1.807) is 0 Å². The van der Waals surface area contributed by atoms with E-state index in [0.29, 0.717) is 0 Å². The highest BCUT2D eigenvalue weighted by atomic mass is 16.3. The van der Waals surface area contributed by atoms with Crippen LogP contribution in [-0.2, 0) is 0 Å². The molecule has 2 nitrogen and oxygen atoms in total. The largest absolute Gasteiger partial charge is 0.454 e. The average Bonchev–Trinajstić information content (AvgIpc) is 3.40. The topological polar surface area (TPSA) is 16.4 Å². The lowest BCUT2D eigenvalue weighted by Gasteiger charge is -2.28. The van der Waals surface area contributed by atoms with Gasteiger partial charge in [0.2, 0.25) is 0 Å². The summed E-state index contributed by atoms with van der Waals surface area (Å²) in [5.74, 6) is 0. The molecule has 0 saturated carbocycles. The third kappa shape index (κ3) is 2.99. The minimum Gasteiger partial charge on any atom is -0.454 e. The Bertz CT molecular complexity index is 2380. The van der Waals surface area contributed by atoms with Crippen LogP contribution in [0.5, 0.6) is 0 Å². The second-order valence-corrected chi connectivity index (χ2v) is 10.6. The summed E-state index contributed by atoms with van der Waals surface area (Å²) in [4.78, 5) is 2.38. The number of rotatable bonds is 3. The van der Waals surface area contributed by atoms with Crippen LogP contribution in [-0.4, -0.2) is 0 Å². The summed E-state index contributed by atoms with van der Waals surface area (Å²) in [6.07, 6.45) is 0. The zero-order chi connectivity index (χ0) is 26.2. The predicted molar refractivity (Wildman–Crippen MR) is 170 cm³/mol. The van der Waals surface area contributed by atoms with E-state index in [1.807, 2.05) is 6.07 Å². The van der Waals surface area contributed by atoms with Crippen LogP contribution in [0, 0.1) is 0 Å². The average molecular weight is 510 g/mol. The Kier molecular flexibility index (Phi) is 4.36. The molecule has 0 amide bonds. The van der Waals surface area contributed by atoms with E-state index in [0.717, 1.165) is 39.0 Å². The van der Waals surface area contributed by atoms with E-state index in [2.05, 4.69) is 138 Å². The number of fused-ring (bicyclic) bond motifs is 4. The maximum Gasteiger partial charge on any atom is 0.159 e. The molecule has 1 heterocycles. The van der Waals surface area contributed by atoms with Crippen LogP contribution in [0.1, 0.15) is 0 Å². The summed E-state index contributed by atoms with van der Waals surface area (Å²) >= 11 is 0. The lowest BCUT2D eigenvalue weighted by molar-refractivity contribution is 0.669. The Hall–Kier alpha value is -5.34. The van der Waals surface area contributed by atoms with Gasteiger partial charge in [0.05, 0.1) is 11.4 Å². The van der Waals surface area contributed by atoms with Crippen LogP contribution in [0.2, 0.25) is 0 Å². The Morgan fingerprint density at radius 2 is 1.05 bits per heavy atom. The van der Waals surface area contributed by atoms with Crippen molar-refractivity contribution in [1.29, 1.82) is 0 Å². The van der Waals surface area contributed by atoms with Crippen LogP contribution in [0.25, 0.3) is 65.0 Å². The molecule has 186 valence electrons. The molecule has 0 bridgehead atoms. The number of furan rings is 1. The molecule has 0 aliphatic rings. The molecule has 1 aromatic heterocycles. The summed E-state index contributed by atoms with van der Waals surface area (Å²) in [5, 5.41) is 12.3. The highest BCUT2D eigenvalue weighted by Gasteiger charge is 2.22. The van der Waals surface area contributed by atoms with E-state index in [9.17, 15) is 0 Å². The van der Waals surface area contributed by atoms with Gasteiger partial charge in [-0.2, -0.15) is 0 Å². The summed E-state index contributed by atoms with van der Waals surface area (Å²) < 4.78 is 6.58. The molecule has 0 radical (unpaired) electrons. The molecule has 0 saturated heterocycles. The van der Waals surface area contributed by atoms with Gasteiger partial charge < -0.3 is 9.32 Å². The molecule has 0 aliphatic carbocycles. The van der Waals surface area contributed by atoms with E-state index >= 15 is 0 Å². The minimum atomic E-state index is 0.891. The Balaban J connectivity index is 1.41. The van der Waals surface area contributed by atoms with E-state index in [1.165, 1.54) is 43.1 Å². The first-order valence-corrected chi connectivity index (χ1v) is 13.7. The van der Waals surface area contributed by atoms with Gasteiger partial charge in [-0.25, -0.2) is 0 Å². The highest BCUT2D eigenvalue weighted by molar-refractivity contribution is 6.26. The molecule has 0 aliphatic heterocycles. The van der Waals surface area contributed by atoms with Crippen LogP contribution in [0.4, 0.5) is 17.1 Å². The number of anilines is 3. The lowest BCUT2D eigenvalue weighted by Crippen LogP contribution is -2.11. The molecule has 0 atom stereocenters. The number of hydrogen-bond acceptors (Lipinski definition) is 2. The van der Waals surface area contributed by atoms with Crippen molar-refractivity contribution in [1.82, 2.24) is 0 Å². The Labute approximate surface area is 230 Å². The maximum absolute atomic E-state index is 6.58. The van der Waals surface area contributed by atoms with Crippen molar-refractivity contribution >= 4 is 82.1 Å². The van der Waals surface area contributed by atoms with Gasteiger partial charge in [-0.3, -0.25) is 0 Å². The third-order valence-electron chi connectivity index (χ3n) is 8.36. The molecular formula is C38H23NO. The van der Waals surface area contributed by atoms with Gasteiger partial charge in [0.1, 0.15) is 5.58 Å². The first-order valence-electron chi connectivity index (χ1n) is 13.7. The second kappa shape index (κ2) is 8.08. The number of para-hydroxylation sites is 2. The van der Waals surface area contributed by atoms with E-state index in [-0.39, 0.29) is 0 Å². The predicted octanol–water partition coefficient (Wildman–Crippen LogP) is 11.1. The van der Waals surface area contributed by atoms with Crippen LogP contribution in [0.15, 0.2) is 144 Å². The second-order valence-electron chi connectivity index (χ2n) is 10.6. The van der Waals surface area contributed by atoms with Gasteiger partial charge >= 0.3 is 0 Å². The van der Waals surface area contributed by atoms with Gasteiger partial charge in [-0.1, -0.05) is 109 Å². The number of hydrogen-bond donors (Lipinski definition) is 0. The van der Waals surface area contributed by atoms with Gasteiger partial charge in [-0.05, 0) is 68.0 Å². The molecule has 9 rings (SSSR count). The SMILES string of the molecule is c1ccc2cc(N(c3ccc4ccc5cccc6ccc3c4c56)c3cccc4c3oc3ccccc34)ccc2c1. The fourth-order valence-corrected chi connectivity index (χ4v) is 6.55. The van der Waals surface area contributed by atoms with Gasteiger partial charge in [0.25, 0.3) is 0 Å². The standard InChI is InChI=1S/C38H23NO/c1-2-8-28-23-29(20-17-24(28)7-1)39(34-13-6-12-31-30-11-3-4-14-35(30)40-38(31)34)33-22-19-27-16-15-25-9-5-10-26-18-21-32(33)37(27)36(25)26/h1-23H. The summed E-state index contributed by atoms with van der Waals surface area (Å²) in [5.41, 5.74) is 5.05. The van der Waals surface area contributed by atoms with Crippen LogP contribution < -0.4 is 4.90 Å². The van der Waals surface area contributed by atoms with Gasteiger partial charge in [-0.15, -0.1) is 0 Å². The minimum absolute atomic E-state index is 0.891. The van der Waals surface area contributed by atoms with Crippen molar-refractivity contribution in [2.75, 3.05) is 4.90 Å². The van der Waals surface area contributed by atoms with Crippen molar-refractivity contribution in [3.63, 3.8) is 0 Å². The Morgan fingerprint density at radius 1 is 0.400 bits per heavy atom. The lowest BCUT2D eigenvalue weighted by atomic mass is 9.93. The zero-order valence-corrected chi connectivity index (χ0v) is 21.6. The Morgan fingerprint density at radius 3 is 1.95 bits per heavy atom. The third-order valence-corrected chi connectivity index (χ3v) is 8.36. The maximum atomic E-state index is 6.58. The van der Waals surface area contributed by atoms with Crippen molar-refractivity contribution in [3.05, 3.63) is 140 Å². The number of benzene rings is 8. The highest BCUT2D eigenvalue weighted by Crippen LogP contribution is 2.47. The number of nitrogens with zero attached hydrogens (tertiary/aromatic N) is 1. The van der Waals surface area contributed by atoms with Crippen molar-refractivity contribution in [2.45, 2.75) is 0 Å². The fourth-order valence-electron chi connectivity index (χ4n) is 6.55. The summed E-state index contributed by atoms with van der Waals surface area (Å²) in [7, 11) is 0. The van der Waals surface area contributed by atoms with Crippen molar-refractivity contribution in [2.24, 2.45) is 0 Å². The zero-order valence-electron chi connectivity index (χ0n) is 21.6. The van der Waals surface area contributed by atoms with Gasteiger partial charge in [0, 0.05) is 21.8 Å². The molecule has 8 aromatic carbocycles. The first-order chi connectivity index (χ1) is 19.8. The van der Waals surface area contributed by atoms with Crippen LogP contribution >= 0.6 is 0 Å². The van der Waals surface area contributed by atoms with Gasteiger partial charge in [0.15, 0.2) is 5.58 Å². The molecule has 0 fully saturated rings. The fraction of sp³-hybridized carbons (Fsp3) is 0. The van der Waals surface area contributed by atoms with Crippen LogP contribution in [0.3, 0.4) is 0 Å². The summed E-state index contributed by atoms with van der Waals surface area (Å²) in [6.45, 7) is 0. The first kappa shape index (κ1) is 21.6. The molecule has 2 heteroatoms.